The zero-order valence-electron chi connectivity index (χ0n) is 23.2. The number of likely N-dealkylation sites (tertiary alicyclic amines) is 1. The van der Waals surface area contributed by atoms with Crippen molar-refractivity contribution in [2.45, 2.75) is 38.1 Å². The van der Waals surface area contributed by atoms with Gasteiger partial charge >= 0.3 is 10.2 Å². The number of nitrogens with two attached hydrogens (primary N) is 1. The first-order chi connectivity index (χ1) is 19.6. The molecule has 4 heterocycles. The van der Waals surface area contributed by atoms with Crippen LogP contribution in [0.25, 0.3) is 0 Å². The molecule has 216 valence electrons. The molecule has 1 saturated carbocycles. The van der Waals surface area contributed by atoms with Gasteiger partial charge in [0, 0.05) is 68.4 Å². The Bertz CT molecular complexity index is 1550. The fourth-order valence-electron chi connectivity index (χ4n) is 6.29. The van der Waals surface area contributed by atoms with E-state index in [2.05, 4.69) is 20.9 Å². The predicted octanol–water partition coefficient (Wildman–Crippen LogP) is 2.71. The van der Waals surface area contributed by atoms with E-state index < -0.39 is 25.9 Å². The Morgan fingerprint density at radius 2 is 1.80 bits per heavy atom. The van der Waals surface area contributed by atoms with Crippen LogP contribution in [0, 0.1) is 29.0 Å². The van der Waals surface area contributed by atoms with Crippen molar-refractivity contribution in [3.8, 4) is 6.07 Å². The van der Waals surface area contributed by atoms with Gasteiger partial charge in [-0.3, -0.25) is 9.69 Å². The van der Waals surface area contributed by atoms with Gasteiger partial charge in [0.25, 0.3) is 11.7 Å². The van der Waals surface area contributed by atoms with Crippen LogP contribution in [0.1, 0.15) is 48.2 Å². The zero-order valence-corrected chi connectivity index (χ0v) is 24.0. The fourth-order valence-corrected chi connectivity index (χ4v) is 7.70. The highest BCUT2D eigenvalue weighted by Crippen LogP contribution is 2.51. The molecule has 1 amide bonds. The van der Waals surface area contributed by atoms with Gasteiger partial charge < -0.3 is 10.6 Å². The van der Waals surface area contributed by atoms with Gasteiger partial charge in [-0.2, -0.15) is 23.0 Å². The number of fused-ring (bicyclic) bond motifs is 1. The van der Waals surface area contributed by atoms with E-state index in [-0.39, 0.29) is 29.0 Å². The number of quaternary nitrogens is 1. The number of halogens is 1. The van der Waals surface area contributed by atoms with Crippen LogP contribution >= 0.6 is 0 Å². The highest BCUT2D eigenvalue weighted by molar-refractivity contribution is 7.88. The second kappa shape index (κ2) is 10.1. The maximum atomic E-state index is 14.3. The number of nitriles is 1. The molecule has 1 aromatic heterocycles. The Morgan fingerprint density at radius 1 is 1.15 bits per heavy atom. The molecule has 1 unspecified atom stereocenters. The van der Waals surface area contributed by atoms with Crippen molar-refractivity contribution in [3.63, 3.8) is 0 Å². The molecule has 4 aliphatic rings. The molecule has 6 rings (SSSR count). The molecule has 11 nitrogen and oxygen atoms in total. The average molecular weight is 582 g/mol. The van der Waals surface area contributed by atoms with E-state index in [4.69, 9.17) is 10.8 Å². The average Bonchev–Trinajstić information content (AvgIpc) is 3.23. The first-order valence-electron chi connectivity index (χ1n) is 14.0. The van der Waals surface area contributed by atoms with E-state index >= 15 is 0 Å². The molecule has 2 aromatic rings. The topological polar surface area (TPSA) is 136 Å². The minimum absolute atomic E-state index is 0.0353. The van der Waals surface area contributed by atoms with E-state index in [9.17, 15) is 22.9 Å². The van der Waals surface area contributed by atoms with Crippen LogP contribution in [0.2, 0.25) is 0 Å². The van der Waals surface area contributed by atoms with Gasteiger partial charge in [0.1, 0.15) is 22.8 Å². The molecular weight excluding hydrogens is 547 g/mol. The number of rotatable bonds is 7. The molecule has 0 spiro atoms. The van der Waals surface area contributed by atoms with Gasteiger partial charge in [0.15, 0.2) is 5.69 Å². The Hall–Kier alpha value is -3.44. The van der Waals surface area contributed by atoms with Crippen molar-refractivity contribution in [1.82, 2.24) is 18.2 Å². The number of carbonyl (C=O) groups excluding carboxylic acids is 1. The molecule has 2 saturated heterocycles. The van der Waals surface area contributed by atoms with Crippen LogP contribution < -0.4 is 14.6 Å². The van der Waals surface area contributed by atoms with E-state index in [1.165, 1.54) is 38.4 Å². The number of aromatic nitrogens is 1. The summed E-state index contributed by atoms with van der Waals surface area (Å²) in [5.41, 5.74) is 7.85. The third-order valence-corrected chi connectivity index (χ3v) is 11.0. The fraction of sp³-hybridized carbons (Fsp3) is 0.500. The van der Waals surface area contributed by atoms with Crippen LogP contribution in [-0.2, 0) is 10.2 Å². The standard InChI is InChI=1S/C28H33FN8O3S/c1-34(2)41(39,40)37(22-8-6-20(29)7-9-22)28-25(26(33-37)19-4-3-5-19)24(14-23(32-28)27(31)38)35-12-10-21(11-13-35)36-16-18(15-30)17-36/h6-9,14,18-19,21H,3-5,10-13,16-17H2,1-2H3,(H-,31,38)/p+1. The van der Waals surface area contributed by atoms with Gasteiger partial charge in [0.05, 0.1) is 17.7 Å². The summed E-state index contributed by atoms with van der Waals surface area (Å²) in [6.45, 7) is 2.94. The second-order valence-electron chi connectivity index (χ2n) is 11.5. The van der Waals surface area contributed by atoms with Crippen LogP contribution in [0.3, 0.4) is 0 Å². The molecule has 3 aliphatic heterocycles. The summed E-state index contributed by atoms with van der Waals surface area (Å²) in [4.78, 5) is 21.7. The minimum atomic E-state index is -4.29. The van der Waals surface area contributed by atoms with Gasteiger partial charge in [-0.05, 0) is 43.9 Å². The van der Waals surface area contributed by atoms with E-state index in [0.717, 1.165) is 49.5 Å². The van der Waals surface area contributed by atoms with Crippen LogP contribution in [0.15, 0.2) is 35.4 Å². The SMILES string of the molecule is CN(C)S(=O)(=O)[N+]1(c2ccc(F)cc2)N=C(C2CCC2)c2c(N3CCC(N4CC(C#N)C4)CC3)cc(C(N)=O)nc21. The first kappa shape index (κ1) is 27.7. The lowest BCUT2D eigenvalue weighted by atomic mass is 9.79. The number of amides is 1. The summed E-state index contributed by atoms with van der Waals surface area (Å²) in [6, 6.07) is 9.57. The number of primary amides is 1. The van der Waals surface area contributed by atoms with Gasteiger partial charge in [-0.15, -0.1) is 0 Å². The summed E-state index contributed by atoms with van der Waals surface area (Å²) >= 11 is 0. The molecule has 1 aromatic carbocycles. The minimum Gasteiger partial charge on any atom is -0.371 e. The molecule has 0 radical (unpaired) electrons. The molecule has 41 heavy (non-hydrogen) atoms. The molecule has 3 fully saturated rings. The number of benzene rings is 1. The van der Waals surface area contributed by atoms with Gasteiger partial charge in [0.2, 0.25) is 0 Å². The number of anilines is 1. The Morgan fingerprint density at radius 3 is 2.34 bits per heavy atom. The van der Waals surface area contributed by atoms with Crippen LogP contribution in [0.4, 0.5) is 21.6 Å². The van der Waals surface area contributed by atoms with E-state index in [1.807, 2.05) is 0 Å². The number of nitrogens with zero attached hydrogens (tertiary/aromatic N) is 7. The number of carbonyl (C=O) groups is 1. The van der Waals surface area contributed by atoms with Crippen molar-refractivity contribution >= 4 is 39.0 Å². The van der Waals surface area contributed by atoms with Crippen molar-refractivity contribution in [2.75, 3.05) is 45.2 Å². The molecule has 0 bridgehead atoms. The van der Waals surface area contributed by atoms with Crippen molar-refractivity contribution in [2.24, 2.45) is 22.7 Å². The lowest BCUT2D eigenvalue weighted by molar-refractivity contribution is 0.0665. The summed E-state index contributed by atoms with van der Waals surface area (Å²) in [6.07, 6.45) is 4.45. The smallest absolute Gasteiger partial charge is 0.371 e. The predicted molar refractivity (Wildman–Crippen MR) is 153 cm³/mol. The summed E-state index contributed by atoms with van der Waals surface area (Å²) < 4.78 is 42.6. The number of hydrogen-bond acceptors (Lipinski definition) is 8. The highest BCUT2D eigenvalue weighted by atomic mass is 32.2. The lowest BCUT2D eigenvalue weighted by Crippen LogP contribution is -2.55. The quantitative estimate of drug-likeness (QED) is 0.497. The van der Waals surface area contributed by atoms with E-state index in [0.29, 0.717) is 36.1 Å². The van der Waals surface area contributed by atoms with Gasteiger partial charge in [-0.25, -0.2) is 4.39 Å². The van der Waals surface area contributed by atoms with Crippen molar-refractivity contribution in [1.29, 1.82) is 5.26 Å². The number of piperidine rings is 1. The summed E-state index contributed by atoms with van der Waals surface area (Å²) in [5, 5.41) is 14.1. The molecule has 2 N–H and O–H groups in total. The molecule has 1 atom stereocenters. The molecular formula is C28H34FN8O3S+. The maximum Gasteiger partial charge on any atom is 0.408 e. The Balaban J connectivity index is 1.52. The molecule has 13 heteroatoms. The van der Waals surface area contributed by atoms with E-state index in [1.54, 1.807) is 6.07 Å². The van der Waals surface area contributed by atoms with Crippen LogP contribution in [-0.4, -0.2) is 80.5 Å². The highest BCUT2D eigenvalue weighted by Gasteiger charge is 2.59. The third kappa shape index (κ3) is 4.32. The normalized spacial score (nSPS) is 24.0. The molecule has 1 aliphatic carbocycles. The largest absolute Gasteiger partial charge is 0.408 e. The summed E-state index contributed by atoms with van der Waals surface area (Å²) in [7, 11) is -1.44. The lowest BCUT2D eigenvalue weighted by Gasteiger charge is -2.45. The summed E-state index contributed by atoms with van der Waals surface area (Å²) in [5.74, 6) is -1.08. The van der Waals surface area contributed by atoms with Crippen molar-refractivity contribution < 1.29 is 17.6 Å². The van der Waals surface area contributed by atoms with Crippen LogP contribution in [0.5, 0.6) is 0 Å². The Labute approximate surface area is 239 Å². The Kier molecular flexibility index (Phi) is 6.85. The second-order valence-corrected chi connectivity index (χ2v) is 13.7. The van der Waals surface area contributed by atoms with Crippen molar-refractivity contribution in [3.05, 3.63) is 47.4 Å². The zero-order chi connectivity index (χ0) is 29.1. The number of hydrogen-bond donors (Lipinski definition) is 1. The maximum absolute atomic E-state index is 14.3. The monoisotopic (exact) mass is 581 g/mol. The third-order valence-electron chi connectivity index (χ3n) is 8.90. The number of pyridine rings is 1. The van der Waals surface area contributed by atoms with Gasteiger partial charge in [-0.1, -0.05) is 11.5 Å². The first-order valence-corrected chi connectivity index (χ1v) is 15.4.